The lowest BCUT2D eigenvalue weighted by Crippen LogP contribution is -2.15. The number of para-hydroxylation sites is 1. The van der Waals surface area contributed by atoms with Gasteiger partial charge in [0.25, 0.3) is 0 Å². The number of ketones is 1. The fourth-order valence-corrected chi connectivity index (χ4v) is 2.54. The van der Waals surface area contributed by atoms with Gasteiger partial charge in [-0.15, -0.1) is 0 Å². The minimum absolute atomic E-state index is 0.136. The second kappa shape index (κ2) is 7.54. The maximum atomic E-state index is 11.8. The van der Waals surface area contributed by atoms with Gasteiger partial charge in [0.2, 0.25) is 0 Å². The van der Waals surface area contributed by atoms with Crippen molar-refractivity contribution in [3.8, 4) is 0 Å². The fourth-order valence-electron chi connectivity index (χ4n) is 2.54. The molecule has 0 atom stereocenters. The molecule has 7 nitrogen and oxygen atoms in total. The van der Waals surface area contributed by atoms with Crippen molar-refractivity contribution in [2.24, 2.45) is 0 Å². The average molecular weight is 330 g/mol. The molecule has 0 unspecified atom stereocenters. The van der Waals surface area contributed by atoms with Gasteiger partial charge < -0.3 is 15.9 Å². The Bertz CT molecular complexity index is 787. The van der Waals surface area contributed by atoms with Gasteiger partial charge in [0.15, 0.2) is 5.78 Å². The Morgan fingerprint density at radius 1 is 1.08 bits per heavy atom. The summed E-state index contributed by atoms with van der Waals surface area (Å²) < 4.78 is 0. The number of fused-ring (bicyclic) bond motifs is 2. The van der Waals surface area contributed by atoms with Crippen LogP contribution in [0.4, 0.5) is 5.69 Å². The van der Waals surface area contributed by atoms with Crippen LogP contribution >= 0.6 is 0 Å². The molecule has 24 heavy (non-hydrogen) atoms. The Morgan fingerprint density at radius 3 is 2.33 bits per heavy atom. The number of pyridine rings is 1. The molecule has 2 aromatic rings. The summed E-state index contributed by atoms with van der Waals surface area (Å²) in [5.74, 6) is -2.02. The third kappa shape index (κ3) is 4.07. The lowest BCUT2D eigenvalue weighted by atomic mass is 9.92. The van der Waals surface area contributed by atoms with Crippen molar-refractivity contribution in [2.45, 2.75) is 32.1 Å². The topological polar surface area (TPSA) is 131 Å². The first-order chi connectivity index (χ1) is 11.4. The van der Waals surface area contributed by atoms with Gasteiger partial charge in [-0.25, -0.2) is 0 Å². The van der Waals surface area contributed by atoms with Crippen molar-refractivity contribution >= 4 is 34.3 Å². The quantitative estimate of drug-likeness (QED) is 0.786. The molecule has 0 amide bonds. The third-order valence-corrected chi connectivity index (χ3v) is 3.66. The second-order valence-electron chi connectivity index (χ2n) is 5.43. The summed E-state index contributed by atoms with van der Waals surface area (Å²) in [5, 5.41) is 16.7. The molecule has 3 rings (SSSR count). The van der Waals surface area contributed by atoms with Crippen molar-refractivity contribution < 1.29 is 24.6 Å². The van der Waals surface area contributed by atoms with Crippen molar-refractivity contribution in [2.75, 3.05) is 5.73 Å². The highest BCUT2D eigenvalue weighted by Gasteiger charge is 2.22. The molecule has 1 aromatic heterocycles. The third-order valence-electron chi connectivity index (χ3n) is 3.66. The molecule has 126 valence electrons. The number of carbonyl (C=O) groups is 3. The zero-order chi connectivity index (χ0) is 17.7. The molecular formula is C17H18N2O5. The molecule has 0 saturated carbocycles. The molecule has 0 aliphatic heterocycles. The van der Waals surface area contributed by atoms with E-state index >= 15 is 0 Å². The first-order valence-electron chi connectivity index (χ1n) is 7.54. The largest absolute Gasteiger partial charge is 0.481 e. The van der Waals surface area contributed by atoms with Crippen molar-refractivity contribution in [3.63, 3.8) is 0 Å². The fraction of sp³-hybridized carbons (Fsp3) is 0.294. The zero-order valence-corrected chi connectivity index (χ0v) is 13.0. The van der Waals surface area contributed by atoms with Crippen molar-refractivity contribution in [3.05, 3.63) is 35.5 Å². The number of hydrogen-bond acceptors (Lipinski definition) is 5. The van der Waals surface area contributed by atoms with E-state index in [1.807, 2.05) is 24.3 Å². The van der Waals surface area contributed by atoms with Crippen LogP contribution in [-0.2, 0) is 16.0 Å². The number of aromatic nitrogens is 1. The minimum Gasteiger partial charge on any atom is -0.481 e. The van der Waals surface area contributed by atoms with Crippen LogP contribution in [0.2, 0.25) is 0 Å². The molecule has 0 saturated heterocycles. The number of aryl methyl sites for hydroxylation is 1. The van der Waals surface area contributed by atoms with E-state index in [4.69, 9.17) is 15.9 Å². The molecule has 7 heteroatoms. The number of nitrogens with two attached hydrogens (primary N) is 1. The lowest BCUT2D eigenvalue weighted by molar-refractivity contribution is -0.143. The number of anilines is 1. The summed E-state index contributed by atoms with van der Waals surface area (Å²) in [6.07, 6.45) is 1.74. The van der Waals surface area contributed by atoms with Gasteiger partial charge in [-0.1, -0.05) is 18.2 Å². The standard InChI is InChI=1S/C13H12N2O.C4H6O4/c14-13-8-4-1-2-5-9(8)15-10-6-3-7-11(16)12(10)13;5-3(6)1-2-4(7)8/h1-2,4-5H,3,6-7H2,(H2,14,15);1-2H2,(H,5,6)(H,7,8). The first-order valence-corrected chi connectivity index (χ1v) is 7.54. The summed E-state index contributed by atoms with van der Waals surface area (Å²) in [6, 6.07) is 7.71. The van der Waals surface area contributed by atoms with E-state index in [1.54, 1.807) is 0 Å². The smallest absolute Gasteiger partial charge is 0.303 e. The van der Waals surface area contributed by atoms with Crippen molar-refractivity contribution in [1.82, 2.24) is 4.98 Å². The van der Waals surface area contributed by atoms with Crippen LogP contribution in [0.5, 0.6) is 0 Å². The number of carboxylic acid groups (broad SMARTS) is 2. The molecule has 0 spiro atoms. The maximum absolute atomic E-state index is 11.8. The number of benzene rings is 1. The normalized spacial score (nSPS) is 12.9. The SMILES string of the molecule is Nc1c2c(nc3ccccc13)CCCC2=O.O=C(O)CCC(=O)O. The number of rotatable bonds is 3. The van der Waals surface area contributed by atoms with E-state index in [2.05, 4.69) is 4.98 Å². The number of carboxylic acids is 2. The molecule has 1 heterocycles. The van der Waals surface area contributed by atoms with E-state index in [-0.39, 0.29) is 18.6 Å². The minimum atomic E-state index is -1.08. The number of aliphatic carboxylic acids is 2. The predicted octanol–water partition coefficient (Wildman–Crippen LogP) is 2.27. The highest BCUT2D eigenvalue weighted by molar-refractivity contribution is 6.09. The number of carbonyl (C=O) groups excluding carboxylic acids is 1. The Balaban J connectivity index is 0.000000224. The Kier molecular flexibility index (Phi) is 5.47. The van der Waals surface area contributed by atoms with Crippen LogP contribution in [0.1, 0.15) is 41.7 Å². The number of nitrogen functional groups attached to an aromatic ring is 1. The van der Waals surface area contributed by atoms with Gasteiger partial charge in [-0.2, -0.15) is 0 Å². The number of nitrogens with zero attached hydrogens (tertiary/aromatic N) is 1. The van der Waals surface area contributed by atoms with Gasteiger partial charge in [-0.3, -0.25) is 19.4 Å². The van der Waals surface area contributed by atoms with Crippen LogP contribution < -0.4 is 5.73 Å². The zero-order valence-electron chi connectivity index (χ0n) is 13.0. The van der Waals surface area contributed by atoms with Crippen LogP contribution in [0, 0.1) is 0 Å². The number of hydrogen-bond donors (Lipinski definition) is 3. The van der Waals surface area contributed by atoms with Crippen LogP contribution in [-0.4, -0.2) is 32.9 Å². The summed E-state index contributed by atoms with van der Waals surface area (Å²) in [7, 11) is 0. The summed E-state index contributed by atoms with van der Waals surface area (Å²) in [5.41, 5.74) is 9.08. The van der Waals surface area contributed by atoms with Crippen LogP contribution in [0.3, 0.4) is 0 Å². The lowest BCUT2D eigenvalue weighted by Gasteiger charge is -2.17. The first kappa shape index (κ1) is 17.4. The summed E-state index contributed by atoms with van der Waals surface area (Å²) in [4.78, 5) is 35.6. The summed E-state index contributed by atoms with van der Waals surface area (Å²) >= 11 is 0. The number of Topliss-reactive ketones (excluding diaryl/α,β-unsaturated/α-hetero) is 1. The highest BCUT2D eigenvalue weighted by Crippen LogP contribution is 2.30. The monoisotopic (exact) mass is 330 g/mol. The van der Waals surface area contributed by atoms with Gasteiger partial charge >= 0.3 is 11.9 Å². The van der Waals surface area contributed by atoms with E-state index < -0.39 is 11.9 Å². The summed E-state index contributed by atoms with van der Waals surface area (Å²) in [6.45, 7) is 0. The average Bonchev–Trinajstić information content (AvgIpc) is 2.54. The Hall–Kier alpha value is -2.96. The molecular weight excluding hydrogens is 312 g/mol. The molecule has 1 aromatic carbocycles. The van der Waals surface area contributed by atoms with Crippen LogP contribution in [0.25, 0.3) is 10.9 Å². The molecule has 4 N–H and O–H groups in total. The molecule has 1 aliphatic carbocycles. The molecule has 0 fully saturated rings. The molecule has 0 radical (unpaired) electrons. The van der Waals surface area contributed by atoms with E-state index in [1.165, 1.54) is 0 Å². The molecule has 0 bridgehead atoms. The van der Waals surface area contributed by atoms with Gasteiger partial charge in [-0.05, 0) is 18.9 Å². The van der Waals surface area contributed by atoms with Crippen LogP contribution in [0.15, 0.2) is 24.3 Å². The predicted molar refractivity (Wildman–Crippen MR) is 87.9 cm³/mol. The Labute approximate surface area is 138 Å². The van der Waals surface area contributed by atoms with Gasteiger partial charge in [0.1, 0.15) is 0 Å². The second-order valence-corrected chi connectivity index (χ2v) is 5.43. The Morgan fingerprint density at radius 2 is 1.71 bits per heavy atom. The van der Waals surface area contributed by atoms with Gasteiger partial charge in [0, 0.05) is 11.8 Å². The van der Waals surface area contributed by atoms with Gasteiger partial charge in [0.05, 0.1) is 35.3 Å². The maximum Gasteiger partial charge on any atom is 0.303 e. The molecule has 1 aliphatic rings. The van der Waals surface area contributed by atoms with E-state index in [0.717, 1.165) is 29.4 Å². The van der Waals surface area contributed by atoms with Crippen molar-refractivity contribution in [1.29, 1.82) is 0 Å². The van der Waals surface area contributed by atoms with E-state index in [0.29, 0.717) is 17.7 Å². The highest BCUT2D eigenvalue weighted by atomic mass is 16.4. The van der Waals surface area contributed by atoms with E-state index in [9.17, 15) is 14.4 Å².